The number of nitrogens with one attached hydrogen (secondary N) is 1. The lowest BCUT2D eigenvalue weighted by atomic mass is 10.0. The molecule has 0 bridgehead atoms. The lowest BCUT2D eigenvalue weighted by molar-refractivity contribution is 0.408. The van der Waals surface area contributed by atoms with Crippen LogP contribution in [0.4, 0.5) is 5.69 Å². The van der Waals surface area contributed by atoms with Crippen molar-refractivity contribution in [2.24, 2.45) is 0 Å². The zero-order valence-corrected chi connectivity index (χ0v) is 15.3. The van der Waals surface area contributed by atoms with E-state index in [0.29, 0.717) is 0 Å². The summed E-state index contributed by atoms with van der Waals surface area (Å²) >= 11 is 0. The Bertz CT molecular complexity index is 815. The van der Waals surface area contributed by atoms with Gasteiger partial charge in [-0.3, -0.25) is 0 Å². The van der Waals surface area contributed by atoms with Crippen LogP contribution in [0.1, 0.15) is 29.7 Å². The molecule has 3 rings (SSSR count). The van der Waals surface area contributed by atoms with E-state index in [9.17, 15) is 0 Å². The smallest absolute Gasteiger partial charge is 0.124 e. The largest absolute Gasteiger partial charge is 0.496 e. The summed E-state index contributed by atoms with van der Waals surface area (Å²) in [6.07, 6.45) is 0. The molecule has 0 heterocycles. The van der Waals surface area contributed by atoms with E-state index >= 15 is 0 Å². The molecule has 25 heavy (non-hydrogen) atoms. The average molecular weight is 331 g/mol. The van der Waals surface area contributed by atoms with Crippen LogP contribution < -0.4 is 10.1 Å². The molecule has 0 aromatic heterocycles. The standard InChI is InChI=1S/C23H25NO/c1-16-14-22(15-17(2)23(16)25-4)24-18(3)19-10-12-21(13-11-19)20-8-6-5-7-9-20/h5-15,18,24H,1-4H3. The summed E-state index contributed by atoms with van der Waals surface area (Å²) in [5.41, 5.74) is 7.18. The second-order valence-electron chi connectivity index (χ2n) is 6.50. The highest BCUT2D eigenvalue weighted by molar-refractivity contribution is 5.64. The number of benzene rings is 3. The van der Waals surface area contributed by atoms with E-state index in [1.807, 2.05) is 6.07 Å². The Balaban J connectivity index is 1.76. The van der Waals surface area contributed by atoms with E-state index in [2.05, 4.69) is 86.8 Å². The van der Waals surface area contributed by atoms with Crippen molar-refractivity contribution in [3.05, 3.63) is 83.4 Å². The van der Waals surface area contributed by atoms with Crippen molar-refractivity contribution in [3.63, 3.8) is 0 Å². The predicted octanol–water partition coefficient (Wildman–Crippen LogP) is 6.15. The Morgan fingerprint density at radius 3 is 1.92 bits per heavy atom. The summed E-state index contributed by atoms with van der Waals surface area (Å²) in [4.78, 5) is 0. The maximum atomic E-state index is 5.45. The predicted molar refractivity (Wildman–Crippen MR) is 106 cm³/mol. The van der Waals surface area contributed by atoms with Crippen LogP contribution in [0.5, 0.6) is 5.75 Å². The minimum absolute atomic E-state index is 0.233. The van der Waals surface area contributed by atoms with Crippen LogP contribution in [0.25, 0.3) is 11.1 Å². The Labute approximate surface area is 150 Å². The molecule has 0 spiro atoms. The zero-order valence-electron chi connectivity index (χ0n) is 15.3. The van der Waals surface area contributed by atoms with E-state index in [1.54, 1.807) is 7.11 Å². The maximum absolute atomic E-state index is 5.45. The number of hydrogen-bond donors (Lipinski definition) is 1. The van der Waals surface area contributed by atoms with Crippen LogP contribution in [-0.2, 0) is 0 Å². The highest BCUT2D eigenvalue weighted by Gasteiger charge is 2.09. The minimum atomic E-state index is 0.233. The first-order valence-electron chi connectivity index (χ1n) is 8.65. The van der Waals surface area contributed by atoms with Crippen molar-refractivity contribution in [1.82, 2.24) is 0 Å². The minimum Gasteiger partial charge on any atom is -0.496 e. The molecule has 128 valence electrons. The molecule has 0 saturated carbocycles. The first-order chi connectivity index (χ1) is 12.1. The van der Waals surface area contributed by atoms with Gasteiger partial charge in [-0.05, 0) is 60.7 Å². The first-order valence-corrected chi connectivity index (χ1v) is 8.65. The number of anilines is 1. The molecule has 0 saturated heterocycles. The van der Waals surface area contributed by atoms with Crippen molar-refractivity contribution in [3.8, 4) is 16.9 Å². The van der Waals surface area contributed by atoms with E-state index in [0.717, 1.165) is 22.6 Å². The molecule has 1 N–H and O–H groups in total. The number of ether oxygens (including phenoxy) is 1. The normalized spacial score (nSPS) is 11.8. The van der Waals surface area contributed by atoms with Gasteiger partial charge in [0.25, 0.3) is 0 Å². The third kappa shape index (κ3) is 3.85. The van der Waals surface area contributed by atoms with Gasteiger partial charge in [-0.25, -0.2) is 0 Å². The van der Waals surface area contributed by atoms with Crippen LogP contribution in [0.15, 0.2) is 66.7 Å². The molecule has 1 atom stereocenters. The third-order valence-corrected chi connectivity index (χ3v) is 4.57. The average Bonchev–Trinajstić information content (AvgIpc) is 2.62. The number of hydrogen-bond acceptors (Lipinski definition) is 2. The summed E-state index contributed by atoms with van der Waals surface area (Å²) in [5, 5.41) is 3.59. The van der Waals surface area contributed by atoms with Gasteiger partial charge in [0.1, 0.15) is 5.75 Å². The molecule has 2 heteroatoms. The topological polar surface area (TPSA) is 21.3 Å². The van der Waals surface area contributed by atoms with Crippen molar-refractivity contribution < 1.29 is 4.74 Å². The second kappa shape index (κ2) is 7.43. The summed E-state index contributed by atoms with van der Waals surface area (Å²) in [5.74, 6) is 0.963. The second-order valence-corrected chi connectivity index (χ2v) is 6.50. The van der Waals surface area contributed by atoms with Gasteiger partial charge in [-0.1, -0.05) is 54.6 Å². The van der Waals surface area contributed by atoms with Crippen LogP contribution in [0.2, 0.25) is 0 Å². The molecule has 0 amide bonds. The summed E-state index contributed by atoms with van der Waals surface area (Å²) < 4.78 is 5.45. The third-order valence-electron chi connectivity index (χ3n) is 4.57. The molecular formula is C23H25NO. The first kappa shape index (κ1) is 17.1. The number of aryl methyl sites for hydroxylation is 2. The van der Waals surface area contributed by atoms with Crippen molar-refractivity contribution in [1.29, 1.82) is 0 Å². The fraction of sp³-hybridized carbons (Fsp3) is 0.217. The summed E-state index contributed by atoms with van der Waals surface area (Å²) in [6, 6.07) is 23.7. The van der Waals surface area contributed by atoms with Crippen molar-refractivity contribution >= 4 is 5.69 Å². The molecule has 1 unspecified atom stereocenters. The molecule has 0 aliphatic heterocycles. The molecule has 0 radical (unpaired) electrons. The molecule has 0 aliphatic carbocycles. The Kier molecular flexibility index (Phi) is 5.08. The molecule has 0 fully saturated rings. The Morgan fingerprint density at radius 2 is 1.36 bits per heavy atom. The SMILES string of the molecule is COc1c(C)cc(NC(C)c2ccc(-c3ccccc3)cc2)cc1C. The lowest BCUT2D eigenvalue weighted by Gasteiger charge is -2.18. The fourth-order valence-corrected chi connectivity index (χ4v) is 3.28. The molecule has 2 nitrogen and oxygen atoms in total. The monoisotopic (exact) mass is 331 g/mol. The highest BCUT2D eigenvalue weighted by atomic mass is 16.5. The maximum Gasteiger partial charge on any atom is 0.124 e. The van der Waals surface area contributed by atoms with Gasteiger partial charge in [0.15, 0.2) is 0 Å². The van der Waals surface area contributed by atoms with Crippen LogP contribution in [0.3, 0.4) is 0 Å². The van der Waals surface area contributed by atoms with Gasteiger partial charge in [-0.15, -0.1) is 0 Å². The molecular weight excluding hydrogens is 306 g/mol. The van der Waals surface area contributed by atoms with Crippen molar-refractivity contribution in [2.45, 2.75) is 26.8 Å². The van der Waals surface area contributed by atoms with Gasteiger partial charge in [0.2, 0.25) is 0 Å². The van der Waals surface area contributed by atoms with Gasteiger partial charge >= 0.3 is 0 Å². The molecule has 3 aromatic carbocycles. The quantitative estimate of drug-likeness (QED) is 0.605. The Morgan fingerprint density at radius 1 is 0.800 bits per heavy atom. The van der Waals surface area contributed by atoms with E-state index in [1.165, 1.54) is 16.7 Å². The van der Waals surface area contributed by atoms with Gasteiger partial charge in [0.05, 0.1) is 7.11 Å². The van der Waals surface area contributed by atoms with Gasteiger partial charge in [-0.2, -0.15) is 0 Å². The summed E-state index contributed by atoms with van der Waals surface area (Å²) in [7, 11) is 1.72. The summed E-state index contributed by atoms with van der Waals surface area (Å²) in [6.45, 7) is 6.35. The molecule has 0 aliphatic rings. The molecule has 3 aromatic rings. The fourth-order valence-electron chi connectivity index (χ4n) is 3.28. The van der Waals surface area contributed by atoms with Crippen molar-refractivity contribution in [2.75, 3.05) is 12.4 Å². The van der Waals surface area contributed by atoms with E-state index < -0.39 is 0 Å². The van der Waals surface area contributed by atoms with E-state index in [-0.39, 0.29) is 6.04 Å². The van der Waals surface area contributed by atoms with E-state index in [4.69, 9.17) is 4.74 Å². The lowest BCUT2D eigenvalue weighted by Crippen LogP contribution is -2.07. The number of methoxy groups -OCH3 is 1. The van der Waals surface area contributed by atoms with Crippen LogP contribution in [0, 0.1) is 13.8 Å². The zero-order chi connectivity index (χ0) is 17.8. The van der Waals surface area contributed by atoms with Crippen LogP contribution in [-0.4, -0.2) is 7.11 Å². The van der Waals surface area contributed by atoms with Crippen LogP contribution >= 0.6 is 0 Å². The number of rotatable bonds is 5. The highest BCUT2D eigenvalue weighted by Crippen LogP contribution is 2.29. The van der Waals surface area contributed by atoms with Gasteiger partial charge in [0, 0.05) is 11.7 Å². The van der Waals surface area contributed by atoms with Gasteiger partial charge < -0.3 is 10.1 Å². The Hall–Kier alpha value is -2.74.